The van der Waals surface area contributed by atoms with Crippen LogP contribution in [0.15, 0.2) is 56.3 Å². The van der Waals surface area contributed by atoms with Gasteiger partial charge in [0, 0.05) is 16.8 Å². The normalized spacial score (nSPS) is 10.7. The van der Waals surface area contributed by atoms with Crippen molar-refractivity contribution >= 4 is 11.6 Å². The lowest BCUT2D eigenvalue weighted by atomic mass is 10.1. The minimum Gasteiger partial charge on any atom is -0.493 e. The number of methoxy groups -OCH3 is 1. The molecule has 0 unspecified atom stereocenters. The van der Waals surface area contributed by atoms with Crippen molar-refractivity contribution in [1.29, 1.82) is 0 Å². The molecule has 2 aromatic heterocycles. The maximum Gasteiger partial charge on any atom is 0.439 e. The molecular formula is C22H20N4O6. The topological polar surface area (TPSA) is 132 Å². The maximum atomic E-state index is 12.8. The number of anilines is 1. The van der Waals surface area contributed by atoms with Crippen molar-refractivity contribution in [3.63, 3.8) is 0 Å². The molecule has 0 saturated heterocycles. The van der Waals surface area contributed by atoms with Gasteiger partial charge < -0.3 is 19.3 Å². The van der Waals surface area contributed by atoms with Gasteiger partial charge in [0.1, 0.15) is 12.4 Å². The van der Waals surface area contributed by atoms with Crippen LogP contribution in [0.2, 0.25) is 0 Å². The third kappa shape index (κ3) is 4.38. The Hall–Kier alpha value is -4.34. The molecule has 1 amide bonds. The van der Waals surface area contributed by atoms with E-state index in [0.717, 1.165) is 11.3 Å². The smallest absolute Gasteiger partial charge is 0.439 e. The van der Waals surface area contributed by atoms with Crippen LogP contribution in [0.25, 0.3) is 11.4 Å². The van der Waals surface area contributed by atoms with Crippen molar-refractivity contribution in [2.45, 2.75) is 20.5 Å². The molecule has 0 aliphatic carbocycles. The highest BCUT2D eigenvalue weighted by molar-refractivity contribution is 6.04. The summed E-state index contributed by atoms with van der Waals surface area (Å²) < 4.78 is 20.9. The fraction of sp³-hybridized carbons (Fsp3) is 0.182. The van der Waals surface area contributed by atoms with E-state index in [2.05, 4.69) is 25.1 Å². The summed E-state index contributed by atoms with van der Waals surface area (Å²) in [5.41, 5.74) is 3.12. The molecule has 10 nitrogen and oxygen atoms in total. The number of rotatable bonds is 7. The van der Waals surface area contributed by atoms with Crippen molar-refractivity contribution in [1.82, 2.24) is 15.3 Å². The quantitative estimate of drug-likeness (QED) is 0.450. The summed E-state index contributed by atoms with van der Waals surface area (Å²) in [4.78, 5) is 26.4. The Morgan fingerprint density at radius 3 is 2.62 bits per heavy atom. The molecule has 2 aromatic carbocycles. The molecule has 0 fully saturated rings. The first-order valence-electron chi connectivity index (χ1n) is 9.65. The third-order valence-electron chi connectivity index (χ3n) is 4.81. The molecule has 0 aliphatic rings. The molecule has 10 heteroatoms. The lowest BCUT2D eigenvalue weighted by Crippen LogP contribution is -2.12. The monoisotopic (exact) mass is 436 g/mol. The second kappa shape index (κ2) is 8.80. The summed E-state index contributed by atoms with van der Waals surface area (Å²) in [7, 11) is 1.50. The molecule has 2 heterocycles. The molecule has 4 rings (SSSR count). The van der Waals surface area contributed by atoms with Crippen molar-refractivity contribution in [2.24, 2.45) is 0 Å². The lowest BCUT2D eigenvalue weighted by Gasteiger charge is -2.12. The predicted molar refractivity (Wildman–Crippen MR) is 114 cm³/mol. The van der Waals surface area contributed by atoms with E-state index in [0.29, 0.717) is 34.1 Å². The minimum atomic E-state index is -0.654. The Kier molecular flexibility index (Phi) is 5.75. The number of amides is 1. The van der Waals surface area contributed by atoms with E-state index in [-0.39, 0.29) is 18.3 Å². The van der Waals surface area contributed by atoms with Crippen molar-refractivity contribution in [2.75, 3.05) is 12.4 Å². The number of carbonyl (C=O) groups is 1. The summed E-state index contributed by atoms with van der Waals surface area (Å²) in [5, 5.41) is 10.4. The van der Waals surface area contributed by atoms with Crippen LogP contribution >= 0.6 is 0 Å². The van der Waals surface area contributed by atoms with E-state index in [4.69, 9.17) is 14.0 Å². The molecule has 164 valence electrons. The average Bonchev–Trinajstić information content (AvgIpc) is 3.37. The van der Waals surface area contributed by atoms with E-state index < -0.39 is 5.76 Å². The second-order valence-corrected chi connectivity index (χ2v) is 6.94. The predicted octanol–water partition coefficient (Wildman–Crippen LogP) is 3.47. The van der Waals surface area contributed by atoms with Crippen molar-refractivity contribution in [3.8, 4) is 22.9 Å². The van der Waals surface area contributed by atoms with Crippen LogP contribution in [-0.4, -0.2) is 28.3 Å². The van der Waals surface area contributed by atoms with Crippen molar-refractivity contribution < 1.29 is 23.3 Å². The maximum absolute atomic E-state index is 12.8. The number of H-pyrrole nitrogens is 1. The molecule has 0 bridgehead atoms. The number of nitrogens with one attached hydrogen (secondary N) is 2. The fourth-order valence-electron chi connectivity index (χ4n) is 3.09. The van der Waals surface area contributed by atoms with Gasteiger partial charge in [0.05, 0.1) is 18.4 Å². The zero-order chi connectivity index (χ0) is 22.7. The zero-order valence-corrected chi connectivity index (χ0v) is 17.6. The number of aromatic nitrogens is 3. The first kappa shape index (κ1) is 20.9. The standard InChI is InChI=1S/C22H20N4O6/c1-12-17(13(2)31-25-12)11-30-18-8-7-15(10-19(18)29-3)21(27)23-16-6-4-5-14(9-16)20-24-22(28)32-26-20/h4-10H,11H2,1-3H3,(H,23,27)(H,24,26,28). The summed E-state index contributed by atoms with van der Waals surface area (Å²) in [5.74, 6) is 0.867. The molecule has 0 saturated carbocycles. The van der Waals surface area contributed by atoms with Gasteiger partial charge in [0.15, 0.2) is 17.3 Å². The number of aryl methyl sites for hydroxylation is 2. The Balaban J connectivity index is 1.49. The molecule has 32 heavy (non-hydrogen) atoms. The number of nitrogens with zero attached hydrogens (tertiary/aromatic N) is 2. The van der Waals surface area contributed by atoms with Crippen molar-refractivity contribution in [3.05, 3.63) is 75.6 Å². The molecule has 0 spiro atoms. The van der Waals surface area contributed by atoms with Crippen LogP contribution in [0.3, 0.4) is 0 Å². The highest BCUT2D eigenvalue weighted by Gasteiger charge is 2.15. The van der Waals surface area contributed by atoms with E-state index in [1.165, 1.54) is 7.11 Å². The molecule has 0 radical (unpaired) electrons. The number of carbonyl (C=O) groups excluding carboxylic acids is 1. The van der Waals surface area contributed by atoms with Crippen LogP contribution in [0.4, 0.5) is 5.69 Å². The van der Waals surface area contributed by atoms with E-state index in [1.807, 2.05) is 13.8 Å². The summed E-state index contributed by atoms with van der Waals surface area (Å²) in [6.45, 7) is 3.92. The van der Waals surface area contributed by atoms with Gasteiger partial charge in [-0.05, 0) is 44.2 Å². The van der Waals surface area contributed by atoms with Crippen LogP contribution in [-0.2, 0) is 6.61 Å². The van der Waals surface area contributed by atoms with Gasteiger partial charge in [-0.1, -0.05) is 22.4 Å². The van der Waals surface area contributed by atoms with Gasteiger partial charge >= 0.3 is 5.76 Å². The third-order valence-corrected chi connectivity index (χ3v) is 4.81. The molecular weight excluding hydrogens is 416 g/mol. The Labute approximate surface area is 182 Å². The summed E-state index contributed by atoms with van der Waals surface area (Å²) >= 11 is 0. The minimum absolute atomic E-state index is 0.264. The van der Waals surface area contributed by atoms with Crippen LogP contribution in [0.5, 0.6) is 11.5 Å². The first-order valence-corrected chi connectivity index (χ1v) is 9.65. The largest absolute Gasteiger partial charge is 0.493 e. The first-order chi connectivity index (χ1) is 15.4. The fourth-order valence-corrected chi connectivity index (χ4v) is 3.09. The Bertz CT molecular complexity index is 1300. The molecule has 2 N–H and O–H groups in total. The van der Waals surface area contributed by atoms with Gasteiger partial charge in [0.25, 0.3) is 5.91 Å². The zero-order valence-electron chi connectivity index (χ0n) is 17.6. The van der Waals surface area contributed by atoms with Gasteiger partial charge in [0.2, 0.25) is 0 Å². The highest BCUT2D eigenvalue weighted by Crippen LogP contribution is 2.30. The SMILES string of the molecule is COc1cc(C(=O)Nc2cccc(-c3noc(=O)[nH]3)c2)ccc1OCc1c(C)noc1C. The van der Waals surface area contributed by atoms with Crippen LogP contribution in [0.1, 0.15) is 27.4 Å². The van der Waals surface area contributed by atoms with Crippen LogP contribution in [0, 0.1) is 13.8 Å². The molecule has 0 atom stereocenters. The van der Waals surface area contributed by atoms with E-state index in [9.17, 15) is 9.59 Å². The Morgan fingerprint density at radius 1 is 1.09 bits per heavy atom. The van der Waals surface area contributed by atoms with Gasteiger partial charge in [-0.3, -0.25) is 14.3 Å². The van der Waals surface area contributed by atoms with E-state index in [1.54, 1.807) is 42.5 Å². The molecule has 4 aromatic rings. The number of benzene rings is 2. The van der Waals surface area contributed by atoms with Gasteiger partial charge in [-0.25, -0.2) is 4.79 Å². The van der Waals surface area contributed by atoms with Crippen LogP contribution < -0.4 is 20.5 Å². The van der Waals surface area contributed by atoms with E-state index >= 15 is 0 Å². The number of aromatic amines is 1. The average molecular weight is 436 g/mol. The number of ether oxygens (including phenoxy) is 2. The summed E-state index contributed by atoms with van der Waals surface area (Å²) in [6, 6.07) is 11.8. The Morgan fingerprint density at radius 2 is 1.94 bits per heavy atom. The lowest BCUT2D eigenvalue weighted by molar-refractivity contribution is 0.102. The number of hydrogen-bond acceptors (Lipinski definition) is 8. The highest BCUT2D eigenvalue weighted by atomic mass is 16.5. The number of hydrogen-bond donors (Lipinski definition) is 2. The molecule has 0 aliphatic heterocycles. The van der Waals surface area contributed by atoms with Gasteiger partial charge in [-0.2, -0.15) is 0 Å². The second-order valence-electron chi connectivity index (χ2n) is 6.94. The van der Waals surface area contributed by atoms with Gasteiger partial charge in [-0.15, -0.1) is 0 Å². The summed E-state index contributed by atoms with van der Waals surface area (Å²) in [6.07, 6.45) is 0.